The summed E-state index contributed by atoms with van der Waals surface area (Å²) in [5.41, 5.74) is 0.493. The van der Waals surface area contributed by atoms with Crippen molar-refractivity contribution in [3.05, 3.63) is 62.7 Å². The van der Waals surface area contributed by atoms with E-state index in [9.17, 15) is 9.59 Å². The lowest BCUT2D eigenvalue weighted by Gasteiger charge is -2.15. The standard InChI is InChI=1S/C19H14Cl2O5/c1-10(19(23)24-2)25-18-16(22)14-9-13(21)7-8-15(14)26-17(18)11-3-5-12(20)6-4-11/h3-10H,1-2H3/t10-/m1/s1. The molecule has 0 saturated heterocycles. The normalized spacial score (nSPS) is 12.0. The Bertz CT molecular complexity index is 1020. The molecular formula is C19H14Cl2O5. The molecule has 1 aromatic heterocycles. The lowest BCUT2D eigenvalue weighted by molar-refractivity contribution is -0.147. The fraction of sp³-hybridized carbons (Fsp3) is 0.158. The van der Waals surface area contributed by atoms with Gasteiger partial charge in [-0.15, -0.1) is 0 Å². The molecule has 1 atom stereocenters. The Labute approximate surface area is 159 Å². The van der Waals surface area contributed by atoms with Crippen molar-refractivity contribution in [2.45, 2.75) is 13.0 Å². The Hall–Kier alpha value is -2.50. The number of carbonyl (C=O) groups is 1. The van der Waals surface area contributed by atoms with E-state index in [0.717, 1.165) is 0 Å². The average Bonchev–Trinajstić information content (AvgIpc) is 2.64. The number of benzene rings is 2. The van der Waals surface area contributed by atoms with E-state index in [-0.39, 0.29) is 16.9 Å². The molecule has 0 aliphatic carbocycles. The highest BCUT2D eigenvalue weighted by Crippen LogP contribution is 2.33. The quantitative estimate of drug-likeness (QED) is 0.601. The zero-order valence-corrected chi connectivity index (χ0v) is 15.4. The van der Waals surface area contributed by atoms with Crippen molar-refractivity contribution >= 4 is 40.1 Å². The van der Waals surface area contributed by atoms with Crippen LogP contribution in [0.3, 0.4) is 0 Å². The van der Waals surface area contributed by atoms with Crippen LogP contribution in [0.15, 0.2) is 51.7 Å². The second kappa shape index (κ2) is 7.40. The largest absolute Gasteiger partial charge is 0.471 e. The molecule has 26 heavy (non-hydrogen) atoms. The molecule has 0 radical (unpaired) electrons. The van der Waals surface area contributed by atoms with Gasteiger partial charge < -0.3 is 13.9 Å². The summed E-state index contributed by atoms with van der Waals surface area (Å²) >= 11 is 11.9. The molecule has 3 rings (SSSR count). The summed E-state index contributed by atoms with van der Waals surface area (Å²) in [5, 5.41) is 1.17. The summed E-state index contributed by atoms with van der Waals surface area (Å²) in [5.74, 6) is -0.519. The van der Waals surface area contributed by atoms with Crippen LogP contribution in [-0.4, -0.2) is 19.2 Å². The highest BCUT2D eigenvalue weighted by Gasteiger charge is 2.23. The predicted octanol–water partition coefficient (Wildman–Crippen LogP) is 4.71. The molecule has 5 nitrogen and oxygen atoms in total. The van der Waals surface area contributed by atoms with Crippen LogP contribution in [0.2, 0.25) is 10.0 Å². The van der Waals surface area contributed by atoms with Gasteiger partial charge in [-0.2, -0.15) is 0 Å². The minimum atomic E-state index is -0.995. The summed E-state index contributed by atoms with van der Waals surface area (Å²) < 4.78 is 16.2. The van der Waals surface area contributed by atoms with Gasteiger partial charge in [0.15, 0.2) is 11.9 Å². The van der Waals surface area contributed by atoms with Crippen LogP contribution in [-0.2, 0) is 9.53 Å². The van der Waals surface area contributed by atoms with Crippen molar-refractivity contribution in [3.8, 4) is 17.1 Å². The Morgan fingerprint density at radius 3 is 2.38 bits per heavy atom. The maximum Gasteiger partial charge on any atom is 0.346 e. The first-order valence-corrected chi connectivity index (χ1v) is 8.43. The Balaban J connectivity index is 2.25. The lowest BCUT2D eigenvalue weighted by Crippen LogP contribution is -2.27. The number of hydrogen-bond donors (Lipinski definition) is 0. The average molecular weight is 393 g/mol. The molecule has 7 heteroatoms. The first-order chi connectivity index (χ1) is 12.4. The van der Waals surface area contributed by atoms with Crippen LogP contribution in [0, 0.1) is 0 Å². The Kier molecular flexibility index (Phi) is 5.20. The van der Waals surface area contributed by atoms with Crippen molar-refractivity contribution in [2.24, 2.45) is 0 Å². The van der Waals surface area contributed by atoms with Gasteiger partial charge in [0.25, 0.3) is 0 Å². The molecule has 0 saturated carbocycles. The second-order valence-electron chi connectivity index (χ2n) is 5.52. The van der Waals surface area contributed by atoms with Crippen molar-refractivity contribution in [2.75, 3.05) is 7.11 Å². The molecule has 0 spiro atoms. The lowest BCUT2D eigenvalue weighted by atomic mass is 10.1. The number of ether oxygens (including phenoxy) is 2. The summed E-state index contributed by atoms with van der Waals surface area (Å²) in [6.45, 7) is 1.49. The van der Waals surface area contributed by atoms with Crippen molar-refractivity contribution in [1.29, 1.82) is 0 Å². The molecule has 2 aromatic carbocycles. The molecule has 134 valence electrons. The zero-order chi connectivity index (χ0) is 18.8. The summed E-state index contributed by atoms with van der Waals surface area (Å²) in [6, 6.07) is 11.4. The van der Waals surface area contributed by atoms with Crippen LogP contribution in [0.1, 0.15) is 6.92 Å². The Morgan fingerprint density at radius 2 is 1.73 bits per heavy atom. The van der Waals surface area contributed by atoms with Crippen LogP contribution >= 0.6 is 23.2 Å². The maximum absolute atomic E-state index is 13.0. The van der Waals surface area contributed by atoms with Gasteiger partial charge in [-0.05, 0) is 49.4 Å². The van der Waals surface area contributed by atoms with E-state index in [1.54, 1.807) is 36.4 Å². The van der Waals surface area contributed by atoms with E-state index in [2.05, 4.69) is 4.74 Å². The van der Waals surface area contributed by atoms with Crippen LogP contribution in [0.25, 0.3) is 22.3 Å². The molecule has 0 bridgehead atoms. The van der Waals surface area contributed by atoms with Crippen LogP contribution in [0.4, 0.5) is 0 Å². The monoisotopic (exact) mass is 392 g/mol. The number of fused-ring (bicyclic) bond motifs is 1. The van der Waals surface area contributed by atoms with E-state index in [1.165, 1.54) is 20.1 Å². The van der Waals surface area contributed by atoms with Crippen molar-refractivity contribution < 1.29 is 18.7 Å². The third kappa shape index (κ3) is 3.54. The van der Waals surface area contributed by atoms with Crippen LogP contribution < -0.4 is 10.2 Å². The number of halogens is 2. The molecule has 0 aliphatic heterocycles. The molecule has 0 N–H and O–H groups in total. The maximum atomic E-state index is 13.0. The highest BCUT2D eigenvalue weighted by molar-refractivity contribution is 6.31. The fourth-order valence-corrected chi connectivity index (χ4v) is 2.74. The van der Waals surface area contributed by atoms with Gasteiger partial charge in [0.2, 0.25) is 11.2 Å². The molecule has 0 fully saturated rings. The predicted molar refractivity (Wildman–Crippen MR) is 100 cm³/mol. The third-order valence-corrected chi connectivity index (χ3v) is 4.23. The molecule has 0 aliphatic rings. The molecule has 1 heterocycles. The van der Waals surface area contributed by atoms with Crippen LogP contribution in [0.5, 0.6) is 5.75 Å². The van der Waals surface area contributed by atoms with Crippen molar-refractivity contribution in [1.82, 2.24) is 0 Å². The smallest absolute Gasteiger partial charge is 0.346 e. The van der Waals surface area contributed by atoms with Gasteiger partial charge >= 0.3 is 5.97 Å². The second-order valence-corrected chi connectivity index (χ2v) is 6.39. The van der Waals surface area contributed by atoms with Gasteiger partial charge in [0, 0.05) is 15.6 Å². The molecule has 0 unspecified atom stereocenters. The van der Waals surface area contributed by atoms with Gasteiger partial charge in [0.05, 0.1) is 12.5 Å². The Morgan fingerprint density at radius 1 is 1.08 bits per heavy atom. The number of esters is 1. The fourth-order valence-electron chi connectivity index (χ4n) is 2.44. The minimum absolute atomic E-state index is 0.0972. The van der Waals surface area contributed by atoms with Crippen molar-refractivity contribution in [3.63, 3.8) is 0 Å². The van der Waals surface area contributed by atoms with Gasteiger partial charge in [-0.1, -0.05) is 23.2 Å². The summed E-state index contributed by atoms with van der Waals surface area (Å²) in [6.07, 6.45) is -0.995. The number of rotatable bonds is 4. The minimum Gasteiger partial charge on any atom is -0.471 e. The summed E-state index contributed by atoms with van der Waals surface area (Å²) in [4.78, 5) is 24.7. The van der Waals surface area contributed by atoms with E-state index in [4.69, 9.17) is 32.4 Å². The number of hydrogen-bond acceptors (Lipinski definition) is 5. The number of carbonyl (C=O) groups excluding carboxylic acids is 1. The van der Waals surface area contributed by atoms with E-state index in [0.29, 0.717) is 21.2 Å². The van der Waals surface area contributed by atoms with Gasteiger partial charge in [-0.25, -0.2) is 4.79 Å². The van der Waals surface area contributed by atoms with E-state index >= 15 is 0 Å². The first-order valence-electron chi connectivity index (χ1n) is 7.67. The van der Waals surface area contributed by atoms with E-state index < -0.39 is 17.5 Å². The molecule has 3 aromatic rings. The highest BCUT2D eigenvalue weighted by atomic mass is 35.5. The van der Waals surface area contributed by atoms with E-state index in [1.807, 2.05) is 0 Å². The first kappa shape index (κ1) is 18.3. The third-order valence-electron chi connectivity index (χ3n) is 3.74. The molecular weight excluding hydrogens is 379 g/mol. The van der Waals surface area contributed by atoms with Gasteiger partial charge in [-0.3, -0.25) is 4.79 Å². The zero-order valence-electron chi connectivity index (χ0n) is 13.9. The van der Waals surface area contributed by atoms with Gasteiger partial charge in [0.1, 0.15) is 5.58 Å². The SMILES string of the molecule is COC(=O)[C@@H](C)Oc1c(-c2ccc(Cl)cc2)oc2ccc(Cl)cc2c1=O. The topological polar surface area (TPSA) is 65.7 Å². The number of methoxy groups -OCH3 is 1. The summed E-state index contributed by atoms with van der Waals surface area (Å²) in [7, 11) is 1.24. The molecule has 0 amide bonds.